The first-order chi connectivity index (χ1) is 13.3. The number of para-hydroxylation sites is 1. The molecule has 0 bridgehead atoms. The Morgan fingerprint density at radius 1 is 1.04 bits per heavy atom. The first kappa shape index (κ1) is 22.7. The lowest BCUT2D eigenvalue weighted by molar-refractivity contribution is -0.159. The van der Waals surface area contributed by atoms with Gasteiger partial charge in [0.05, 0.1) is 13.2 Å². The van der Waals surface area contributed by atoms with Crippen LogP contribution in [0.4, 0.5) is 0 Å². The molecule has 1 atom stereocenters. The monoisotopic (exact) mass is 384 g/mol. The van der Waals surface area contributed by atoms with Crippen LogP contribution in [0.2, 0.25) is 0 Å². The summed E-state index contributed by atoms with van der Waals surface area (Å²) >= 11 is 0. The number of rotatable bonds is 6. The molecule has 0 aromatic heterocycles. The van der Waals surface area contributed by atoms with Crippen molar-refractivity contribution < 1.29 is 24.5 Å². The van der Waals surface area contributed by atoms with Crippen LogP contribution in [0, 0.1) is 11.3 Å². The molecule has 0 amide bonds. The van der Waals surface area contributed by atoms with Crippen molar-refractivity contribution >= 4 is 11.9 Å². The largest absolute Gasteiger partial charge is 0.496 e. The maximum Gasteiger partial charge on any atom is 0.414 e. The second-order valence-electron chi connectivity index (χ2n) is 6.25. The van der Waals surface area contributed by atoms with Crippen LogP contribution in [-0.4, -0.2) is 54.8 Å². The lowest BCUT2D eigenvalue weighted by Crippen LogP contribution is -2.31. The molecule has 0 saturated heterocycles. The van der Waals surface area contributed by atoms with Gasteiger partial charge in [-0.15, -0.1) is 0 Å². The minimum Gasteiger partial charge on any atom is -0.496 e. The van der Waals surface area contributed by atoms with Gasteiger partial charge in [0, 0.05) is 5.56 Å². The van der Waals surface area contributed by atoms with Crippen LogP contribution in [0.15, 0.2) is 54.6 Å². The Kier molecular flexibility index (Phi) is 8.66. The number of ether oxygens (including phenoxy) is 1. The SMILES string of the molecule is COc1ccccc1C(C#N)(CCN(C)C)c1ccccc1.O=C(O)C(=O)O. The molecule has 0 aliphatic carbocycles. The molecular weight excluding hydrogens is 360 g/mol. The molecule has 2 aromatic rings. The van der Waals surface area contributed by atoms with Crippen molar-refractivity contribution in [1.82, 2.24) is 4.90 Å². The van der Waals surface area contributed by atoms with E-state index in [1.54, 1.807) is 7.11 Å². The zero-order valence-corrected chi connectivity index (χ0v) is 16.1. The number of benzene rings is 2. The maximum absolute atomic E-state index is 10.1. The van der Waals surface area contributed by atoms with Crippen molar-refractivity contribution in [1.29, 1.82) is 5.26 Å². The van der Waals surface area contributed by atoms with Gasteiger partial charge in [-0.05, 0) is 38.7 Å². The number of aliphatic carboxylic acids is 2. The highest BCUT2D eigenvalue weighted by atomic mass is 16.5. The summed E-state index contributed by atoms with van der Waals surface area (Å²) in [5, 5.41) is 24.9. The second-order valence-corrected chi connectivity index (χ2v) is 6.25. The molecule has 0 aliphatic rings. The van der Waals surface area contributed by atoms with Gasteiger partial charge in [0.15, 0.2) is 0 Å². The van der Waals surface area contributed by atoms with Crippen molar-refractivity contribution in [2.75, 3.05) is 27.7 Å². The summed E-state index contributed by atoms with van der Waals surface area (Å²) in [7, 11) is 5.70. The van der Waals surface area contributed by atoms with E-state index < -0.39 is 17.4 Å². The predicted octanol–water partition coefficient (Wildman–Crippen LogP) is 2.61. The quantitative estimate of drug-likeness (QED) is 0.737. The van der Waals surface area contributed by atoms with E-state index in [-0.39, 0.29) is 0 Å². The minimum atomic E-state index is -1.82. The molecule has 28 heavy (non-hydrogen) atoms. The Hall–Kier alpha value is -3.37. The molecule has 2 rings (SSSR count). The third kappa shape index (κ3) is 5.83. The molecule has 1 unspecified atom stereocenters. The van der Waals surface area contributed by atoms with Crippen LogP contribution in [0.1, 0.15) is 17.5 Å². The minimum absolute atomic E-state index is 0.709. The highest BCUT2D eigenvalue weighted by Crippen LogP contribution is 2.40. The van der Waals surface area contributed by atoms with Gasteiger partial charge in [-0.2, -0.15) is 5.26 Å². The number of carbonyl (C=O) groups is 2. The molecule has 0 saturated carbocycles. The molecule has 0 heterocycles. The third-order valence-corrected chi connectivity index (χ3v) is 4.14. The maximum atomic E-state index is 10.1. The summed E-state index contributed by atoms with van der Waals surface area (Å²) in [4.78, 5) is 20.3. The third-order valence-electron chi connectivity index (χ3n) is 4.14. The van der Waals surface area contributed by atoms with E-state index >= 15 is 0 Å². The highest BCUT2D eigenvalue weighted by Gasteiger charge is 2.36. The predicted molar refractivity (Wildman–Crippen MR) is 104 cm³/mol. The molecule has 7 nitrogen and oxygen atoms in total. The summed E-state index contributed by atoms with van der Waals surface area (Å²) in [5.74, 6) is -2.89. The van der Waals surface area contributed by atoms with E-state index in [4.69, 9.17) is 24.5 Å². The molecule has 2 aromatic carbocycles. The number of nitriles is 1. The average molecular weight is 384 g/mol. The highest BCUT2D eigenvalue weighted by molar-refractivity contribution is 6.27. The van der Waals surface area contributed by atoms with E-state index in [1.165, 1.54) is 0 Å². The van der Waals surface area contributed by atoms with Gasteiger partial charge in [-0.3, -0.25) is 0 Å². The smallest absolute Gasteiger partial charge is 0.414 e. The molecule has 7 heteroatoms. The van der Waals surface area contributed by atoms with E-state index in [0.29, 0.717) is 6.42 Å². The Morgan fingerprint density at radius 3 is 2.04 bits per heavy atom. The number of methoxy groups -OCH3 is 1. The molecule has 0 fully saturated rings. The fraction of sp³-hybridized carbons (Fsp3) is 0.286. The van der Waals surface area contributed by atoms with Crippen LogP contribution in [0.3, 0.4) is 0 Å². The van der Waals surface area contributed by atoms with Gasteiger partial charge < -0.3 is 19.8 Å². The first-order valence-electron chi connectivity index (χ1n) is 8.49. The van der Waals surface area contributed by atoms with Crippen molar-refractivity contribution in [3.8, 4) is 11.8 Å². The Labute approximate surface area is 164 Å². The number of carboxylic acids is 2. The van der Waals surface area contributed by atoms with Crippen LogP contribution in [-0.2, 0) is 15.0 Å². The normalized spacial score (nSPS) is 12.1. The van der Waals surface area contributed by atoms with Crippen LogP contribution >= 0.6 is 0 Å². The molecular formula is C21H24N2O5. The lowest BCUT2D eigenvalue weighted by Gasteiger charge is -2.30. The van der Waals surface area contributed by atoms with Crippen LogP contribution < -0.4 is 4.74 Å². The Morgan fingerprint density at radius 2 is 1.57 bits per heavy atom. The zero-order chi connectivity index (χ0) is 21.2. The lowest BCUT2D eigenvalue weighted by atomic mass is 9.72. The van der Waals surface area contributed by atoms with Crippen LogP contribution in [0.5, 0.6) is 5.75 Å². The van der Waals surface area contributed by atoms with E-state index in [0.717, 1.165) is 23.4 Å². The topological polar surface area (TPSA) is 111 Å². The van der Waals surface area contributed by atoms with Crippen molar-refractivity contribution in [2.45, 2.75) is 11.8 Å². The summed E-state index contributed by atoms with van der Waals surface area (Å²) in [6.45, 7) is 0.820. The fourth-order valence-electron chi connectivity index (χ4n) is 2.73. The van der Waals surface area contributed by atoms with Gasteiger partial charge in [-0.1, -0.05) is 48.5 Å². The summed E-state index contributed by atoms with van der Waals surface area (Å²) in [6, 6.07) is 20.3. The Balaban J connectivity index is 0.000000568. The van der Waals surface area contributed by atoms with Gasteiger partial charge in [-0.25, -0.2) is 9.59 Å². The van der Waals surface area contributed by atoms with Crippen molar-refractivity contribution in [3.05, 3.63) is 65.7 Å². The summed E-state index contributed by atoms with van der Waals surface area (Å²) in [5.41, 5.74) is 1.22. The van der Waals surface area contributed by atoms with E-state index in [2.05, 4.69) is 11.0 Å². The Bertz CT molecular complexity index is 818. The van der Waals surface area contributed by atoms with Gasteiger partial charge in [0.2, 0.25) is 0 Å². The molecule has 148 valence electrons. The number of nitrogens with zero attached hydrogens (tertiary/aromatic N) is 2. The molecule has 0 aliphatic heterocycles. The summed E-state index contributed by atoms with van der Waals surface area (Å²) < 4.78 is 5.52. The van der Waals surface area contributed by atoms with E-state index in [9.17, 15) is 5.26 Å². The standard InChI is InChI=1S/C19H22N2O.C2H2O4/c1-21(2)14-13-19(15-20,16-9-5-4-6-10-16)17-11-7-8-12-18(17)22-3;3-1(4)2(5)6/h4-12H,13-14H2,1-3H3;(H,3,4)(H,5,6). The van der Waals surface area contributed by atoms with Crippen molar-refractivity contribution in [3.63, 3.8) is 0 Å². The summed E-state index contributed by atoms with van der Waals surface area (Å²) in [6.07, 6.45) is 0.709. The van der Waals surface area contributed by atoms with Crippen molar-refractivity contribution in [2.24, 2.45) is 0 Å². The average Bonchev–Trinajstić information content (AvgIpc) is 2.70. The van der Waals surface area contributed by atoms with Gasteiger partial charge in [0.1, 0.15) is 11.2 Å². The molecule has 0 spiro atoms. The number of hydrogen-bond acceptors (Lipinski definition) is 5. The fourth-order valence-corrected chi connectivity index (χ4v) is 2.73. The first-order valence-corrected chi connectivity index (χ1v) is 8.49. The second kappa shape index (κ2) is 10.7. The molecule has 2 N–H and O–H groups in total. The van der Waals surface area contributed by atoms with E-state index in [1.807, 2.05) is 68.7 Å². The van der Waals surface area contributed by atoms with Gasteiger partial charge in [0.25, 0.3) is 0 Å². The van der Waals surface area contributed by atoms with Crippen LogP contribution in [0.25, 0.3) is 0 Å². The molecule has 0 radical (unpaired) electrons. The number of carboxylic acid groups (broad SMARTS) is 2. The van der Waals surface area contributed by atoms with Gasteiger partial charge >= 0.3 is 11.9 Å². The number of hydrogen-bond donors (Lipinski definition) is 2. The zero-order valence-electron chi connectivity index (χ0n) is 16.1.